The minimum atomic E-state index is -0.833. The second-order valence-corrected chi connectivity index (χ2v) is 2.85. The molecule has 72 valence electrons. The number of primary amides is 2. The van der Waals surface area contributed by atoms with E-state index < -0.39 is 6.03 Å². The van der Waals surface area contributed by atoms with Crippen LogP contribution in [0.2, 0.25) is 0 Å². The number of aromatic amines is 1. The number of carbonyl (C=O) groups is 1. The van der Waals surface area contributed by atoms with E-state index >= 15 is 0 Å². The van der Waals surface area contributed by atoms with Gasteiger partial charge in [0.05, 0.1) is 6.20 Å². The maximum absolute atomic E-state index is 9.00. The van der Waals surface area contributed by atoms with Gasteiger partial charge in [-0.1, -0.05) is 17.4 Å². The lowest BCUT2D eigenvalue weighted by Crippen LogP contribution is -2.18. The Morgan fingerprint density at radius 2 is 2.23 bits per heavy atom. The van der Waals surface area contributed by atoms with Gasteiger partial charge in [0, 0.05) is 0 Å². The summed E-state index contributed by atoms with van der Waals surface area (Å²) in [6, 6.07) is -0.833. The number of aromatic nitrogens is 3. The van der Waals surface area contributed by atoms with Gasteiger partial charge in [-0.15, -0.1) is 17.7 Å². The maximum atomic E-state index is 9.00. The third kappa shape index (κ3) is 8.56. The number of amides is 2. The number of H-pyrrole nitrogens is 1. The lowest BCUT2D eigenvalue weighted by Gasteiger charge is -1.92. The lowest BCUT2D eigenvalue weighted by atomic mass is 10.8. The first-order valence-corrected chi connectivity index (χ1v) is 3.79. The van der Waals surface area contributed by atoms with Crippen molar-refractivity contribution in [3.05, 3.63) is 6.20 Å². The van der Waals surface area contributed by atoms with Crippen molar-refractivity contribution in [1.82, 2.24) is 15.4 Å². The first kappa shape index (κ1) is 11.6. The summed E-state index contributed by atoms with van der Waals surface area (Å²) in [6.07, 6.45) is 1.59. The van der Waals surface area contributed by atoms with Gasteiger partial charge in [0.25, 0.3) is 0 Å². The Bertz CT molecular complexity index is 268. The van der Waals surface area contributed by atoms with Crippen LogP contribution >= 0.6 is 24.8 Å². The smallest absolute Gasteiger partial charge is 0.309 e. The predicted molar refractivity (Wildman–Crippen MR) is 55.4 cm³/mol. The summed E-state index contributed by atoms with van der Waals surface area (Å²) in [5.41, 5.74) is 8.50. The van der Waals surface area contributed by atoms with E-state index in [4.69, 9.17) is 4.79 Å². The highest BCUT2D eigenvalue weighted by Gasteiger charge is 1.92. The number of carbonyl (C=O) groups excluding carboxylic acids is 1. The van der Waals surface area contributed by atoms with Crippen molar-refractivity contribution < 1.29 is 4.79 Å². The predicted octanol–water partition coefficient (Wildman–Crippen LogP) is -0.545. The number of anilines is 1. The van der Waals surface area contributed by atoms with Crippen LogP contribution in [0.3, 0.4) is 0 Å². The Kier molecular flexibility index (Phi) is 5.55. The number of thiocarbonyl (C=S) groups is 1. The van der Waals surface area contributed by atoms with Crippen molar-refractivity contribution in [1.29, 1.82) is 0 Å². The molecule has 6 N–H and O–H groups in total. The number of hydrogen-bond donors (Lipinski definition) is 5. The zero-order chi connectivity index (χ0) is 10.3. The number of thiol groups is 1. The minimum Gasteiger partial charge on any atom is -0.352 e. The molecule has 9 heteroatoms. The summed E-state index contributed by atoms with van der Waals surface area (Å²) in [7, 11) is 0. The second-order valence-electron chi connectivity index (χ2n) is 1.69. The van der Waals surface area contributed by atoms with Crippen molar-refractivity contribution in [3.63, 3.8) is 0 Å². The number of rotatable bonds is 1. The van der Waals surface area contributed by atoms with Gasteiger partial charge in [-0.25, -0.2) is 4.79 Å². The van der Waals surface area contributed by atoms with E-state index in [1.807, 2.05) is 0 Å². The monoisotopic (exact) mass is 220 g/mol. The number of nitrogens with two attached hydrogens (primary N) is 2. The van der Waals surface area contributed by atoms with E-state index in [0.717, 1.165) is 0 Å². The van der Waals surface area contributed by atoms with Crippen LogP contribution < -0.4 is 16.8 Å². The molecule has 0 spiro atoms. The number of nitrogens with zero attached hydrogens (tertiary/aromatic N) is 2. The molecule has 0 aromatic carbocycles. The molecular weight excluding hydrogens is 212 g/mol. The third-order valence-electron chi connectivity index (χ3n) is 0.652. The molecule has 0 fully saturated rings. The van der Waals surface area contributed by atoms with Gasteiger partial charge in [0.1, 0.15) is 4.32 Å². The first-order valence-electron chi connectivity index (χ1n) is 2.93. The Labute approximate surface area is 84.7 Å². The van der Waals surface area contributed by atoms with E-state index in [1.54, 1.807) is 6.20 Å². The van der Waals surface area contributed by atoms with Crippen molar-refractivity contribution in [2.24, 2.45) is 11.5 Å². The molecule has 0 aliphatic rings. The topological polar surface area (TPSA) is 123 Å². The molecule has 0 aliphatic carbocycles. The average Bonchev–Trinajstić information content (AvgIpc) is 2.36. The normalized spacial score (nSPS) is 8.08. The summed E-state index contributed by atoms with van der Waals surface area (Å²) in [4.78, 5) is 9.00. The molecule has 0 unspecified atom stereocenters. The Balaban J connectivity index is 0.000000310. The summed E-state index contributed by atoms with van der Waals surface area (Å²) in [6.45, 7) is 0. The quantitative estimate of drug-likeness (QED) is 0.321. The van der Waals surface area contributed by atoms with Crippen molar-refractivity contribution in [3.8, 4) is 0 Å². The molecule has 1 aromatic rings. The van der Waals surface area contributed by atoms with E-state index in [1.165, 1.54) is 0 Å². The van der Waals surface area contributed by atoms with E-state index in [-0.39, 0.29) is 0 Å². The largest absolute Gasteiger partial charge is 0.352 e. The summed E-state index contributed by atoms with van der Waals surface area (Å²) < 4.78 is 0.379. The number of hydrogen-bond acceptors (Lipinski definition) is 4. The number of nitrogens with one attached hydrogen (secondary N) is 2. The fourth-order valence-corrected chi connectivity index (χ4v) is 0.591. The highest BCUT2D eigenvalue weighted by Crippen LogP contribution is 1.96. The van der Waals surface area contributed by atoms with Crippen LogP contribution in [-0.2, 0) is 0 Å². The summed E-state index contributed by atoms with van der Waals surface area (Å²) in [5.74, 6) is 0.579. The molecule has 0 aliphatic heterocycles. The van der Waals surface area contributed by atoms with Crippen molar-refractivity contribution in [2.45, 2.75) is 0 Å². The third-order valence-corrected chi connectivity index (χ3v) is 0.866. The molecule has 1 heterocycles. The van der Waals surface area contributed by atoms with E-state index in [0.29, 0.717) is 10.1 Å². The minimum absolute atomic E-state index is 0.379. The number of urea groups is 1. The summed E-state index contributed by atoms with van der Waals surface area (Å²) >= 11 is 8.44. The molecular formula is C4H8N6OS2. The van der Waals surface area contributed by atoms with E-state index in [2.05, 4.69) is 57.0 Å². The fourth-order valence-electron chi connectivity index (χ4n) is 0.372. The maximum Gasteiger partial charge on any atom is 0.309 e. The van der Waals surface area contributed by atoms with Crippen LogP contribution in [0.5, 0.6) is 0 Å². The fraction of sp³-hybridized carbons (Fsp3) is 0. The Hall–Kier alpha value is -1.35. The van der Waals surface area contributed by atoms with Crippen LogP contribution in [0.15, 0.2) is 6.20 Å². The zero-order valence-electron chi connectivity index (χ0n) is 6.39. The van der Waals surface area contributed by atoms with Crippen LogP contribution in [-0.4, -0.2) is 25.8 Å². The molecule has 0 atom stereocenters. The molecule has 1 aromatic heterocycles. The molecule has 0 bridgehead atoms. The van der Waals surface area contributed by atoms with Crippen LogP contribution in [0, 0.1) is 0 Å². The Morgan fingerprint density at radius 1 is 1.69 bits per heavy atom. The average molecular weight is 220 g/mol. The van der Waals surface area contributed by atoms with Crippen molar-refractivity contribution in [2.75, 3.05) is 5.32 Å². The highest BCUT2D eigenvalue weighted by atomic mass is 32.1. The molecule has 0 saturated heterocycles. The lowest BCUT2D eigenvalue weighted by molar-refractivity contribution is 0.256. The second kappa shape index (κ2) is 6.20. The van der Waals surface area contributed by atoms with Gasteiger partial charge in [-0.2, -0.15) is 0 Å². The van der Waals surface area contributed by atoms with Gasteiger partial charge >= 0.3 is 6.03 Å². The summed E-state index contributed by atoms with van der Waals surface area (Å²) in [5, 5.41) is 12.2. The van der Waals surface area contributed by atoms with Gasteiger partial charge in [0.2, 0.25) is 0 Å². The molecule has 13 heavy (non-hydrogen) atoms. The highest BCUT2D eigenvalue weighted by molar-refractivity contribution is 8.11. The van der Waals surface area contributed by atoms with E-state index in [9.17, 15) is 0 Å². The van der Waals surface area contributed by atoms with Gasteiger partial charge < -0.3 is 16.8 Å². The van der Waals surface area contributed by atoms with Crippen molar-refractivity contribution >= 4 is 41.0 Å². The molecule has 0 saturated carbocycles. The molecule has 2 amide bonds. The van der Waals surface area contributed by atoms with Crippen LogP contribution in [0.1, 0.15) is 0 Å². The molecule has 1 rings (SSSR count). The first-order chi connectivity index (χ1) is 6.02. The molecule has 7 nitrogen and oxygen atoms in total. The van der Waals surface area contributed by atoms with Crippen LogP contribution in [0.4, 0.5) is 10.6 Å². The van der Waals surface area contributed by atoms with Gasteiger partial charge in [0.15, 0.2) is 5.82 Å². The Morgan fingerprint density at radius 3 is 2.54 bits per heavy atom. The SMILES string of the molecule is NC(N)=O.S=C(S)Nc1c[nH]nn1. The standard InChI is InChI=1S/C3H4N4S2.CH4N2O/c8-3(9)5-2-1-4-7-6-2;2-1(3)4/h1H,(H3,4,5,6,7,8,9);(H4,2,3,4). The molecule has 0 radical (unpaired) electrons. The van der Waals surface area contributed by atoms with Crippen LogP contribution in [0.25, 0.3) is 0 Å². The van der Waals surface area contributed by atoms with Gasteiger partial charge in [-0.3, -0.25) is 5.10 Å². The van der Waals surface area contributed by atoms with Gasteiger partial charge in [-0.05, 0) is 0 Å². The zero-order valence-corrected chi connectivity index (χ0v) is 8.10.